The van der Waals surface area contributed by atoms with Crippen molar-refractivity contribution in [2.24, 2.45) is 5.10 Å². The number of benzene rings is 2. The molecule has 0 radical (unpaired) electrons. The molecule has 3 aromatic rings. The Morgan fingerprint density at radius 3 is 2.71 bits per heavy atom. The fourth-order valence-corrected chi connectivity index (χ4v) is 4.40. The zero-order valence-corrected chi connectivity index (χ0v) is 17.3. The summed E-state index contributed by atoms with van der Waals surface area (Å²) in [5, 5.41) is 6.68. The number of nitrogens with zero attached hydrogens (tertiary/aromatic N) is 3. The monoisotopic (exact) mass is 418 g/mol. The first-order chi connectivity index (χ1) is 15.1. The summed E-state index contributed by atoms with van der Waals surface area (Å²) in [5.74, 6) is 0.780. The van der Waals surface area contributed by atoms with Gasteiger partial charge in [0, 0.05) is 28.6 Å². The van der Waals surface area contributed by atoms with Crippen molar-refractivity contribution in [2.75, 3.05) is 20.8 Å². The van der Waals surface area contributed by atoms with Crippen LogP contribution in [0, 0.1) is 0 Å². The number of fused-ring (bicyclic) bond motifs is 4. The molecule has 8 heteroatoms. The van der Waals surface area contributed by atoms with E-state index < -0.39 is 6.04 Å². The summed E-state index contributed by atoms with van der Waals surface area (Å²) < 4.78 is 10.7. The van der Waals surface area contributed by atoms with Crippen LogP contribution in [0.4, 0.5) is 0 Å². The van der Waals surface area contributed by atoms with E-state index in [9.17, 15) is 9.59 Å². The summed E-state index contributed by atoms with van der Waals surface area (Å²) in [5.41, 5.74) is 3.77. The number of H-pyrrole nitrogens is 1. The number of amides is 2. The number of carbonyl (C=O) groups excluding carboxylic acids is 2. The lowest BCUT2D eigenvalue weighted by Gasteiger charge is -2.40. The maximum absolute atomic E-state index is 13.2. The van der Waals surface area contributed by atoms with Crippen LogP contribution in [0.25, 0.3) is 10.9 Å². The number of methoxy groups -OCH3 is 2. The van der Waals surface area contributed by atoms with Crippen molar-refractivity contribution in [3.05, 3.63) is 59.3 Å². The van der Waals surface area contributed by atoms with E-state index in [2.05, 4.69) is 10.1 Å². The number of para-hydroxylation sites is 2. The van der Waals surface area contributed by atoms with Crippen LogP contribution in [0.1, 0.15) is 16.8 Å². The number of hydrogen-bond donors (Lipinski definition) is 1. The van der Waals surface area contributed by atoms with Crippen molar-refractivity contribution in [3.8, 4) is 11.5 Å². The molecule has 5 rings (SSSR count). The van der Waals surface area contributed by atoms with Gasteiger partial charge in [0.15, 0.2) is 11.5 Å². The number of nitrogens with one attached hydrogen (secondary N) is 1. The third kappa shape index (κ3) is 3.11. The highest BCUT2D eigenvalue weighted by atomic mass is 16.5. The SMILES string of the molecule is COc1cccc(/C=N/N2CC(=O)N3Cc4[nH]c5ccccc5c4C[C@H]3C2=O)c1OC. The molecular formula is C23H22N4O4. The van der Waals surface area contributed by atoms with E-state index in [1.807, 2.05) is 36.4 Å². The van der Waals surface area contributed by atoms with Crippen molar-refractivity contribution < 1.29 is 19.1 Å². The van der Waals surface area contributed by atoms with Crippen LogP contribution in [0.15, 0.2) is 47.6 Å². The minimum absolute atomic E-state index is 0.0896. The zero-order chi connectivity index (χ0) is 21.5. The number of carbonyl (C=O) groups is 2. The molecule has 1 aromatic heterocycles. The van der Waals surface area contributed by atoms with Crippen molar-refractivity contribution in [1.29, 1.82) is 0 Å². The first kappa shape index (κ1) is 19.2. The average Bonchev–Trinajstić information content (AvgIpc) is 3.16. The first-order valence-corrected chi connectivity index (χ1v) is 10.0. The molecule has 0 aliphatic carbocycles. The highest BCUT2D eigenvalue weighted by molar-refractivity contribution is 5.97. The topological polar surface area (TPSA) is 87.2 Å². The number of aromatic nitrogens is 1. The van der Waals surface area contributed by atoms with Gasteiger partial charge in [-0.15, -0.1) is 0 Å². The molecule has 2 aliphatic heterocycles. The van der Waals surface area contributed by atoms with E-state index in [1.165, 1.54) is 11.2 Å². The van der Waals surface area contributed by atoms with Crippen molar-refractivity contribution >= 4 is 28.9 Å². The minimum atomic E-state index is -0.558. The van der Waals surface area contributed by atoms with Crippen LogP contribution < -0.4 is 9.47 Å². The van der Waals surface area contributed by atoms with Gasteiger partial charge in [0.2, 0.25) is 5.91 Å². The van der Waals surface area contributed by atoms with E-state index in [1.54, 1.807) is 25.2 Å². The van der Waals surface area contributed by atoms with Gasteiger partial charge in [-0.05, 0) is 23.8 Å². The Morgan fingerprint density at radius 2 is 1.90 bits per heavy atom. The predicted molar refractivity (Wildman–Crippen MR) is 115 cm³/mol. The number of aromatic amines is 1. The Hall–Kier alpha value is -3.81. The quantitative estimate of drug-likeness (QED) is 0.659. The van der Waals surface area contributed by atoms with Crippen molar-refractivity contribution in [3.63, 3.8) is 0 Å². The molecular weight excluding hydrogens is 396 g/mol. The number of rotatable bonds is 4. The molecule has 1 atom stereocenters. The summed E-state index contributed by atoms with van der Waals surface area (Å²) in [6, 6.07) is 12.8. The molecule has 2 aromatic carbocycles. The molecule has 3 heterocycles. The Balaban J connectivity index is 1.44. The number of hydrogen-bond acceptors (Lipinski definition) is 5. The van der Waals surface area contributed by atoms with E-state index in [0.717, 1.165) is 22.2 Å². The maximum atomic E-state index is 13.2. The van der Waals surface area contributed by atoms with Crippen LogP contribution in [-0.4, -0.2) is 59.7 Å². The number of piperazine rings is 1. The van der Waals surface area contributed by atoms with Crippen LogP contribution in [0.3, 0.4) is 0 Å². The summed E-state index contributed by atoms with van der Waals surface area (Å²) in [7, 11) is 3.10. The van der Waals surface area contributed by atoms with Gasteiger partial charge in [-0.3, -0.25) is 9.59 Å². The predicted octanol–water partition coefficient (Wildman–Crippen LogP) is 2.31. The summed E-state index contributed by atoms with van der Waals surface area (Å²) in [6.07, 6.45) is 2.00. The highest BCUT2D eigenvalue weighted by Gasteiger charge is 2.43. The van der Waals surface area contributed by atoms with Crippen LogP contribution in [0.5, 0.6) is 11.5 Å². The fourth-order valence-electron chi connectivity index (χ4n) is 4.40. The van der Waals surface area contributed by atoms with Gasteiger partial charge in [0.1, 0.15) is 12.6 Å². The zero-order valence-electron chi connectivity index (χ0n) is 17.3. The minimum Gasteiger partial charge on any atom is -0.493 e. The molecule has 0 spiro atoms. The second-order valence-electron chi connectivity index (χ2n) is 7.59. The molecule has 1 saturated heterocycles. The van der Waals surface area contributed by atoms with Gasteiger partial charge < -0.3 is 19.4 Å². The molecule has 158 valence electrons. The maximum Gasteiger partial charge on any atom is 0.266 e. The summed E-state index contributed by atoms with van der Waals surface area (Å²) in [6.45, 7) is 0.314. The van der Waals surface area contributed by atoms with E-state index in [4.69, 9.17) is 9.47 Å². The Labute approximate surface area is 179 Å². The fraction of sp³-hybridized carbons (Fsp3) is 0.261. The Morgan fingerprint density at radius 1 is 1.06 bits per heavy atom. The summed E-state index contributed by atoms with van der Waals surface area (Å²) in [4.78, 5) is 31.1. The molecule has 0 saturated carbocycles. The largest absolute Gasteiger partial charge is 0.493 e. The Kier molecular flexibility index (Phi) is 4.62. The van der Waals surface area contributed by atoms with E-state index >= 15 is 0 Å². The summed E-state index contributed by atoms with van der Waals surface area (Å²) >= 11 is 0. The molecule has 0 bridgehead atoms. The molecule has 0 unspecified atom stereocenters. The van der Waals surface area contributed by atoms with Crippen LogP contribution in [0.2, 0.25) is 0 Å². The lowest BCUT2D eigenvalue weighted by molar-refractivity contribution is -0.157. The van der Waals surface area contributed by atoms with Crippen molar-refractivity contribution in [2.45, 2.75) is 19.0 Å². The molecule has 8 nitrogen and oxygen atoms in total. The van der Waals surface area contributed by atoms with Gasteiger partial charge in [0.25, 0.3) is 5.91 Å². The molecule has 1 N–H and O–H groups in total. The second kappa shape index (κ2) is 7.46. The first-order valence-electron chi connectivity index (χ1n) is 10.0. The van der Waals surface area contributed by atoms with Gasteiger partial charge in [-0.1, -0.05) is 24.3 Å². The molecule has 2 amide bonds. The van der Waals surface area contributed by atoms with E-state index in [0.29, 0.717) is 30.0 Å². The Bertz CT molecular complexity index is 1220. The normalized spacial score (nSPS) is 18.5. The lowest BCUT2D eigenvalue weighted by atomic mass is 9.94. The number of hydrazone groups is 1. The van der Waals surface area contributed by atoms with Crippen LogP contribution >= 0.6 is 0 Å². The number of ether oxygens (including phenoxy) is 2. The van der Waals surface area contributed by atoms with Gasteiger partial charge >= 0.3 is 0 Å². The molecule has 2 aliphatic rings. The smallest absolute Gasteiger partial charge is 0.266 e. The second-order valence-corrected chi connectivity index (χ2v) is 7.59. The van der Waals surface area contributed by atoms with Crippen LogP contribution in [-0.2, 0) is 22.6 Å². The van der Waals surface area contributed by atoms with Gasteiger partial charge in [0.05, 0.1) is 27.0 Å². The average molecular weight is 418 g/mol. The lowest BCUT2D eigenvalue weighted by Crippen LogP contribution is -2.60. The standard InChI is InChI=1S/C23H22N4O4/c1-30-20-9-5-6-14(22(20)31-2)11-24-27-13-21(28)26-12-18-16(10-19(26)23(27)29)15-7-3-4-8-17(15)25-18/h3-9,11,19,25H,10,12-13H2,1-2H3/b24-11+/t19-/m0/s1. The van der Waals surface area contributed by atoms with Gasteiger partial charge in [-0.2, -0.15) is 5.10 Å². The highest BCUT2D eigenvalue weighted by Crippen LogP contribution is 2.33. The third-order valence-corrected chi connectivity index (χ3v) is 5.92. The molecule has 31 heavy (non-hydrogen) atoms. The third-order valence-electron chi connectivity index (χ3n) is 5.92. The molecule has 1 fully saturated rings. The van der Waals surface area contributed by atoms with Gasteiger partial charge in [-0.25, -0.2) is 5.01 Å². The van der Waals surface area contributed by atoms with Crippen molar-refractivity contribution in [1.82, 2.24) is 14.9 Å². The van der Waals surface area contributed by atoms with E-state index in [-0.39, 0.29) is 18.4 Å².